The molecule has 3 unspecified atom stereocenters. The molecule has 23 heavy (non-hydrogen) atoms. The van der Waals surface area contributed by atoms with Crippen LogP contribution < -0.4 is 4.74 Å². The lowest BCUT2D eigenvalue weighted by molar-refractivity contribution is 0.140. The van der Waals surface area contributed by atoms with Gasteiger partial charge in [0.2, 0.25) is 0 Å². The standard InChI is InChI=1S/C21H25OS/c1-2-6-18-17(5-1)19(9-10-21(18)23-11-3-4-12-23)22-20-14-15-7-8-16(20)13-15/h1-2,5-6,9-10,15-16,20H,3-4,7-8,11-14H2/q+1. The highest BCUT2D eigenvalue weighted by Crippen LogP contribution is 2.47. The van der Waals surface area contributed by atoms with Gasteiger partial charge in [0, 0.05) is 21.7 Å². The third kappa shape index (κ3) is 2.46. The Morgan fingerprint density at radius 2 is 1.70 bits per heavy atom. The summed E-state index contributed by atoms with van der Waals surface area (Å²) in [6, 6.07) is 13.6. The summed E-state index contributed by atoms with van der Waals surface area (Å²) in [5.41, 5.74) is 0. The molecule has 0 N–H and O–H groups in total. The number of hydrogen-bond donors (Lipinski definition) is 0. The molecule has 0 aromatic heterocycles. The second kappa shape index (κ2) is 5.73. The molecule has 0 spiro atoms. The Morgan fingerprint density at radius 1 is 0.870 bits per heavy atom. The SMILES string of the molecule is c1ccc2c([S+]3CCCC3)ccc(OC3CC4CCC3C4)c2c1. The van der Waals surface area contributed by atoms with Gasteiger partial charge in [0.15, 0.2) is 4.90 Å². The zero-order valence-corrected chi connectivity index (χ0v) is 14.5. The van der Waals surface area contributed by atoms with Crippen molar-refractivity contribution in [2.75, 3.05) is 11.5 Å². The molecule has 3 aliphatic rings. The molecule has 2 aromatic carbocycles. The summed E-state index contributed by atoms with van der Waals surface area (Å²) in [5.74, 6) is 5.66. The summed E-state index contributed by atoms with van der Waals surface area (Å²) >= 11 is 0. The zero-order valence-electron chi connectivity index (χ0n) is 13.7. The van der Waals surface area contributed by atoms with Gasteiger partial charge in [-0.25, -0.2) is 0 Å². The molecule has 3 atom stereocenters. The third-order valence-electron chi connectivity index (χ3n) is 6.14. The van der Waals surface area contributed by atoms with Gasteiger partial charge in [-0.05, 0) is 68.6 Å². The first-order valence-electron chi connectivity index (χ1n) is 9.24. The molecule has 5 rings (SSSR count). The minimum atomic E-state index is 0.465. The van der Waals surface area contributed by atoms with Gasteiger partial charge in [0.1, 0.15) is 23.4 Å². The summed E-state index contributed by atoms with van der Waals surface area (Å²) in [6.45, 7) is 0. The van der Waals surface area contributed by atoms with Crippen LogP contribution in [0.25, 0.3) is 10.8 Å². The van der Waals surface area contributed by atoms with Crippen LogP contribution >= 0.6 is 0 Å². The number of hydrogen-bond acceptors (Lipinski definition) is 1. The Kier molecular flexibility index (Phi) is 3.54. The fourth-order valence-corrected chi connectivity index (χ4v) is 7.47. The van der Waals surface area contributed by atoms with Crippen molar-refractivity contribution in [3.8, 4) is 5.75 Å². The molecule has 1 aliphatic heterocycles. The van der Waals surface area contributed by atoms with Crippen LogP contribution in [0, 0.1) is 11.8 Å². The summed E-state index contributed by atoms with van der Waals surface area (Å²) in [7, 11) is 0.465. The molecule has 2 saturated carbocycles. The molecule has 1 saturated heterocycles. The minimum absolute atomic E-state index is 0.465. The van der Waals surface area contributed by atoms with Crippen molar-refractivity contribution in [1.82, 2.24) is 0 Å². The predicted octanol–water partition coefficient (Wildman–Crippen LogP) is 5.18. The number of rotatable bonds is 3. The molecule has 2 aliphatic carbocycles. The van der Waals surface area contributed by atoms with E-state index >= 15 is 0 Å². The zero-order chi connectivity index (χ0) is 15.2. The molecule has 2 heteroatoms. The van der Waals surface area contributed by atoms with Crippen LogP contribution in [0.2, 0.25) is 0 Å². The molecule has 0 radical (unpaired) electrons. The Balaban J connectivity index is 1.51. The van der Waals surface area contributed by atoms with Crippen molar-refractivity contribution < 1.29 is 4.74 Å². The van der Waals surface area contributed by atoms with E-state index < -0.39 is 0 Å². The van der Waals surface area contributed by atoms with Crippen LogP contribution in [-0.2, 0) is 10.9 Å². The Morgan fingerprint density at radius 3 is 2.43 bits per heavy atom. The maximum Gasteiger partial charge on any atom is 0.162 e. The summed E-state index contributed by atoms with van der Waals surface area (Å²) in [4.78, 5) is 1.58. The first-order valence-corrected chi connectivity index (χ1v) is 10.8. The summed E-state index contributed by atoms with van der Waals surface area (Å²) in [5, 5.41) is 2.78. The molecule has 120 valence electrons. The Bertz CT molecular complexity index is 719. The van der Waals surface area contributed by atoms with Crippen LogP contribution in [0.3, 0.4) is 0 Å². The normalized spacial score (nSPS) is 30.3. The van der Waals surface area contributed by atoms with Gasteiger partial charge in [-0.2, -0.15) is 0 Å². The van der Waals surface area contributed by atoms with Gasteiger partial charge in [0.25, 0.3) is 0 Å². The van der Waals surface area contributed by atoms with Gasteiger partial charge in [0.05, 0.1) is 0 Å². The van der Waals surface area contributed by atoms with E-state index in [9.17, 15) is 0 Å². The van der Waals surface area contributed by atoms with Crippen LogP contribution in [0.15, 0.2) is 41.3 Å². The lowest BCUT2D eigenvalue weighted by atomic mass is 9.97. The van der Waals surface area contributed by atoms with Gasteiger partial charge in [-0.3, -0.25) is 0 Å². The van der Waals surface area contributed by atoms with E-state index in [0.29, 0.717) is 17.0 Å². The van der Waals surface area contributed by atoms with E-state index in [1.807, 2.05) is 0 Å². The average Bonchev–Trinajstić information content (AvgIpc) is 3.33. The molecule has 3 fully saturated rings. The lowest BCUT2D eigenvalue weighted by Gasteiger charge is -2.24. The average molecular weight is 325 g/mol. The molecule has 1 nitrogen and oxygen atoms in total. The number of benzene rings is 2. The van der Waals surface area contributed by atoms with Crippen molar-refractivity contribution in [3.05, 3.63) is 36.4 Å². The first-order chi connectivity index (χ1) is 11.4. The predicted molar refractivity (Wildman–Crippen MR) is 98.4 cm³/mol. The maximum absolute atomic E-state index is 6.54. The van der Waals surface area contributed by atoms with Crippen LogP contribution in [-0.4, -0.2) is 17.6 Å². The topological polar surface area (TPSA) is 9.23 Å². The van der Waals surface area contributed by atoms with Crippen molar-refractivity contribution >= 4 is 21.7 Å². The highest BCUT2D eigenvalue weighted by atomic mass is 32.2. The second-order valence-corrected chi connectivity index (χ2v) is 9.79. The summed E-state index contributed by atoms with van der Waals surface area (Å²) in [6.07, 6.45) is 8.79. The second-order valence-electron chi connectivity index (χ2n) is 7.55. The van der Waals surface area contributed by atoms with Crippen molar-refractivity contribution in [2.45, 2.75) is 49.5 Å². The highest BCUT2D eigenvalue weighted by molar-refractivity contribution is 7.97. The highest BCUT2D eigenvalue weighted by Gasteiger charge is 2.41. The van der Waals surface area contributed by atoms with Crippen molar-refractivity contribution in [3.63, 3.8) is 0 Å². The van der Waals surface area contributed by atoms with E-state index in [0.717, 1.165) is 17.6 Å². The monoisotopic (exact) mass is 325 g/mol. The molecule has 2 aromatic rings. The number of fused-ring (bicyclic) bond motifs is 3. The van der Waals surface area contributed by atoms with Gasteiger partial charge < -0.3 is 4.74 Å². The van der Waals surface area contributed by atoms with E-state index in [1.165, 1.54) is 60.8 Å². The fraction of sp³-hybridized carbons (Fsp3) is 0.524. The Labute approximate surface area is 141 Å². The molecular weight excluding hydrogens is 300 g/mol. The Hall–Kier alpha value is -1.15. The van der Waals surface area contributed by atoms with Crippen LogP contribution in [0.5, 0.6) is 5.75 Å². The van der Waals surface area contributed by atoms with Crippen LogP contribution in [0.4, 0.5) is 0 Å². The smallest absolute Gasteiger partial charge is 0.162 e. The molecule has 1 heterocycles. The van der Waals surface area contributed by atoms with E-state index in [1.54, 1.807) is 4.90 Å². The van der Waals surface area contributed by atoms with Crippen molar-refractivity contribution in [1.29, 1.82) is 0 Å². The molecule has 0 amide bonds. The van der Waals surface area contributed by atoms with Crippen molar-refractivity contribution in [2.24, 2.45) is 11.8 Å². The van der Waals surface area contributed by atoms with Gasteiger partial charge in [-0.15, -0.1) is 0 Å². The molecule has 2 bridgehead atoms. The summed E-state index contributed by atoms with van der Waals surface area (Å²) < 4.78 is 6.54. The van der Waals surface area contributed by atoms with Gasteiger partial charge >= 0.3 is 0 Å². The fourth-order valence-electron chi connectivity index (χ4n) is 4.97. The third-order valence-corrected chi connectivity index (χ3v) is 8.68. The molecular formula is C21H25OS+. The maximum atomic E-state index is 6.54. The van der Waals surface area contributed by atoms with Gasteiger partial charge in [-0.1, -0.05) is 18.2 Å². The minimum Gasteiger partial charge on any atom is -0.489 e. The number of ether oxygens (including phenoxy) is 1. The first kappa shape index (κ1) is 14.2. The lowest BCUT2D eigenvalue weighted by Crippen LogP contribution is -2.23. The largest absolute Gasteiger partial charge is 0.489 e. The van der Waals surface area contributed by atoms with E-state index in [-0.39, 0.29) is 0 Å². The van der Waals surface area contributed by atoms with E-state index in [2.05, 4.69) is 36.4 Å². The quantitative estimate of drug-likeness (QED) is 0.707. The van der Waals surface area contributed by atoms with E-state index in [4.69, 9.17) is 4.74 Å². The van der Waals surface area contributed by atoms with Crippen LogP contribution in [0.1, 0.15) is 38.5 Å².